The zero-order valence-corrected chi connectivity index (χ0v) is 13.5. The Morgan fingerprint density at radius 3 is 2.73 bits per heavy atom. The Morgan fingerprint density at radius 1 is 1.41 bits per heavy atom. The predicted molar refractivity (Wildman–Crippen MR) is 81.6 cm³/mol. The number of rotatable bonds is 6. The molecule has 122 valence electrons. The fraction of sp³-hybridized carbons (Fsp3) is 0.562. The van der Waals surface area contributed by atoms with Crippen LogP contribution >= 0.6 is 0 Å². The minimum Gasteiger partial charge on any atom is -0.485 e. The van der Waals surface area contributed by atoms with Crippen LogP contribution in [0.5, 0.6) is 5.75 Å². The van der Waals surface area contributed by atoms with E-state index in [1.165, 1.54) is 6.20 Å². The minimum atomic E-state index is -2.84. The van der Waals surface area contributed by atoms with Crippen LogP contribution in [0.3, 0.4) is 0 Å². The molecule has 0 atom stereocenters. The lowest BCUT2D eigenvalue weighted by molar-refractivity contribution is -0.0232. The van der Waals surface area contributed by atoms with Crippen molar-refractivity contribution in [2.45, 2.75) is 46.2 Å². The van der Waals surface area contributed by atoms with Gasteiger partial charge in [0.15, 0.2) is 6.61 Å². The van der Waals surface area contributed by atoms with E-state index < -0.39 is 12.5 Å². The van der Waals surface area contributed by atoms with Crippen LogP contribution in [0.15, 0.2) is 24.5 Å². The summed E-state index contributed by atoms with van der Waals surface area (Å²) in [4.78, 5) is 4.33. The largest absolute Gasteiger partial charge is 0.485 e. The van der Waals surface area contributed by atoms with Crippen LogP contribution in [0, 0.1) is 6.92 Å². The first kappa shape index (κ1) is 16.7. The third kappa shape index (κ3) is 4.40. The van der Waals surface area contributed by atoms with Gasteiger partial charge in [0, 0.05) is 25.7 Å². The number of hydrogen-bond acceptors (Lipinski definition) is 4. The number of hydrazine groups is 1. The van der Waals surface area contributed by atoms with Crippen molar-refractivity contribution < 1.29 is 13.5 Å². The van der Waals surface area contributed by atoms with E-state index in [0.717, 1.165) is 24.7 Å². The van der Waals surface area contributed by atoms with Gasteiger partial charge >= 0.3 is 0 Å². The lowest BCUT2D eigenvalue weighted by Crippen LogP contribution is -2.39. The van der Waals surface area contributed by atoms with Crippen LogP contribution in [-0.2, 0) is 6.54 Å². The van der Waals surface area contributed by atoms with E-state index in [9.17, 15) is 8.78 Å². The molecule has 2 rings (SSSR count). The Bertz CT molecular complexity index is 541. The maximum Gasteiger partial charge on any atom is 0.278 e. The highest BCUT2D eigenvalue weighted by Gasteiger charge is 2.23. The molecule has 0 aromatic carbocycles. The molecule has 1 aromatic heterocycles. The highest BCUT2D eigenvalue weighted by atomic mass is 19.3. The molecule has 1 aromatic rings. The fourth-order valence-electron chi connectivity index (χ4n) is 2.34. The molecule has 0 unspecified atom stereocenters. The Hall–Kier alpha value is -1.69. The number of nitrogens with zero attached hydrogens (tertiary/aromatic N) is 3. The maximum atomic E-state index is 12.8. The first-order chi connectivity index (χ1) is 10.3. The SMILES string of the molecule is Cc1cc(CN2CC=CN2C(C)C)ncc1OCC(C)(F)F. The molecule has 0 spiro atoms. The Kier molecular flexibility index (Phi) is 5.01. The normalized spacial score (nSPS) is 15.9. The molecule has 0 saturated heterocycles. The van der Waals surface area contributed by atoms with E-state index in [-0.39, 0.29) is 0 Å². The van der Waals surface area contributed by atoms with Crippen molar-refractivity contribution in [3.63, 3.8) is 0 Å². The highest BCUT2D eigenvalue weighted by molar-refractivity contribution is 5.31. The number of pyridine rings is 1. The number of halogens is 2. The van der Waals surface area contributed by atoms with Crippen molar-refractivity contribution in [2.24, 2.45) is 0 Å². The van der Waals surface area contributed by atoms with Gasteiger partial charge < -0.3 is 9.75 Å². The number of ether oxygens (including phenoxy) is 1. The molecule has 0 bridgehead atoms. The Labute approximate surface area is 130 Å². The summed E-state index contributed by atoms with van der Waals surface area (Å²) in [6.45, 7) is 7.83. The van der Waals surface area contributed by atoms with Crippen molar-refractivity contribution >= 4 is 0 Å². The second-order valence-electron chi connectivity index (χ2n) is 6.01. The van der Waals surface area contributed by atoms with Crippen molar-refractivity contribution in [3.8, 4) is 5.75 Å². The third-order valence-electron chi connectivity index (χ3n) is 3.38. The summed E-state index contributed by atoms with van der Waals surface area (Å²) in [5, 5.41) is 4.35. The smallest absolute Gasteiger partial charge is 0.278 e. The van der Waals surface area contributed by atoms with Crippen LogP contribution in [0.2, 0.25) is 0 Å². The standard InChI is InChI=1S/C16H23F2N3O/c1-12(2)21-7-5-6-20(21)10-14-8-13(3)15(9-19-14)22-11-16(4,17)18/h5,7-9,12H,6,10-11H2,1-4H3. The van der Waals surface area contributed by atoms with Gasteiger partial charge in [0.25, 0.3) is 5.92 Å². The van der Waals surface area contributed by atoms with Gasteiger partial charge in [-0.15, -0.1) is 0 Å². The van der Waals surface area contributed by atoms with Gasteiger partial charge in [-0.2, -0.15) is 0 Å². The molecule has 0 amide bonds. The van der Waals surface area contributed by atoms with Gasteiger partial charge in [0.1, 0.15) is 5.75 Å². The van der Waals surface area contributed by atoms with E-state index >= 15 is 0 Å². The summed E-state index contributed by atoms with van der Waals surface area (Å²) in [6.07, 6.45) is 5.70. The van der Waals surface area contributed by atoms with E-state index in [2.05, 4.69) is 41.1 Å². The highest BCUT2D eigenvalue weighted by Crippen LogP contribution is 2.22. The summed E-state index contributed by atoms with van der Waals surface area (Å²) >= 11 is 0. The number of hydrogen-bond donors (Lipinski definition) is 0. The van der Waals surface area contributed by atoms with E-state index in [1.54, 1.807) is 0 Å². The molecular formula is C16H23F2N3O. The molecule has 1 aliphatic heterocycles. The molecule has 2 heterocycles. The van der Waals surface area contributed by atoms with Crippen molar-refractivity contribution in [1.29, 1.82) is 0 Å². The monoisotopic (exact) mass is 311 g/mol. The summed E-state index contributed by atoms with van der Waals surface area (Å²) in [5.74, 6) is -2.44. The molecule has 0 aliphatic carbocycles. The summed E-state index contributed by atoms with van der Waals surface area (Å²) in [7, 11) is 0. The summed E-state index contributed by atoms with van der Waals surface area (Å²) < 4.78 is 30.8. The summed E-state index contributed by atoms with van der Waals surface area (Å²) in [6, 6.07) is 2.27. The van der Waals surface area contributed by atoms with Gasteiger partial charge in [-0.25, -0.2) is 13.8 Å². The third-order valence-corrected chi connectivity index (χ3v) is 3.38. The zero-order valence-electron chi connectivity index (χ0n) is 13.5. The number of aryl methyl sites for hydroxylation is 1. The molecular weight excluding hydrogens is 288 g/mol. The van der Waals surface area contributed by atoms with Gasteiger partial charge in [0.2, 0.25) is 0 Å². The van der Waals surface area contributed by atoms with E-state index in [1.807, 2.05) is 13.0 Å². The Morgan fingerprint density at radius 2 is 2.14 bits per heavy atom. The van der Waals surface area contributed by atoms with Gasteiger partial charge in [-0.05, 0) is 32.4 Å². The molecule has 0 N–H and O–H groups in total. The van der Waals surface area contributed by atoms with E-state index in [4.69, 9.17) is 4.74 Å². The number of aromatic nitrogens is 1. The van der Waals surface area contributed by atoms with Crippen LogP contribution in [-0.4, -0.2) is 40.1 Å². The zero-order chi connectivity index (χ0) is 16.3. The van der Waals surface area contributed by atoms with Gasteiger partial charge in [0.05, 0.1) is 18.4 Å². The van der Waals surface area contributed by atoms with E-state index in [0.29, 0.717) is 18.3 Å². The van der Waals surface area contributed by atoms with Crippen LogP contribution in [0.25, 0.3) is 0 Å². The minimum absolute atomic E-state index is 0.384. The van der Waals surface area contributed by atoms with Gasteiger partial charge in [-0.3, -0.25) is 4.98 Å². The molecule has 0 fully saturated rings. The van der Waals surface area contributed by atoms with Crippen molar-refractivity contribution in [2.75, 3.05) is 13.2 Å². The molecule has 22 heavy (non-hydrogen) atoms. The first-order valence-electron chi connectivity index (χ1n) is 7.42. The molecule has 0 radical (unpaired) electrons. The summed E-state index contributed by atoms with van der Waals surface area (Å²) in [5.41, 5.74) is 1.71. The second kappa shape index (κ2) is 6.60. The lowest BCUT2D eigenvalue weighted by atomic mass is 10.2. The quantitative estimate of drug-likeness (QED) is 0.805. The van der Waals surface area contributed by atoms with Crippen LogP contribution in [0.4, 0.5) is 8.78 Å². The van der Waals surface area contributed by atoms with Gasteiger partial charge in [-0.1, -0.05) is 6.08 Å². The average molecular weight is 311 g/mol. The van der Waals surface area contributed by atoms with Crippen molar-refractivity contribution in [1.82, 2.24) is 15.0 Å². The van der Waals surface area contributed by atoms with Crippen LogP contribution < -0.4 is 4.74 Å². The fourth-order valence-corrected chi connectivity index (χ4v) is 2.34. The number of alkyl halides is 2. The molecule has 6 heteroatoms. The molecule has 0 saturated carbocycles. The average Bonchev–Trinajstić information content (AvgIpc) is 2.85. The first-order valence-corrected chi connectivity index (χ1v) is 7.42. The topological polar surface area (TPSA) is 28.6 Å². The lowest BCUT2D eigenvalue weighted by Gasteiger charge is -2.32. The van der Waals surface area contributed by atoms with Crippen molar-refractivity contribution in [3.05, 3.63) is 35.8 Å². The molecule has 1 aliphatic rings. The Balaban J connectivity index is 2.00. The maximum absolute atomic E-state index is 12.8. The predicted octanol–water partition coefficient (Wildman–Crippen LogP) is 3.38. The van der Waals surface area contributed by atoms with Crippen LogP contribution in [0.1, 0.15) is 32.0 Å². The molecule has 4 nitrogen and oxygen atoms in total. The second-order valence-corrected chi connectivity index (χ2v) is 6.01.